The van der Waals surface area contributed by atoms with Crippen molar-refractivity contribution in [2.75, 3.05) is 11.4 Å². The second-order valence-corrected chi connectivity index (χ2v) is 4.75. The maximum atomic E-state index is 2.51. The lowest BCUT2D eigenvalue weighted by molar-refractivity contribution is 0.710. The number of benzene rings is 1. The van der Waals surface area contributed by atoms with Crippen LogP contribution in [0.15, 0.2) is 18.2 Å². The molecule has 15 heavy (non-hydrogen) atoms. The number of aryl methyl sites for hydroxylation is 1. The number of anilines is 1. The van der Waals surface area contributed by atoms with Gasteiger partial charge in [0.15, 0.2) is 0 Å². The molecule has 1 heterocycles. The van der Waals surface area contributed by atoms with Crippen LogP contribution < -0.4 is 4.90 Å². The van der Waals surface area contributed by atoms with Crippen LogP contribution in [0.5, 0.6) is 0 Å². The van der Waals surface area contributed by atoms with Gasteiger partial charge in [-0.05, 0) is 43.9 Å². The first-order chi connectivity index (χ1) is 7.22. The maximum Gasteiger partial charge on any atom is 0.0402 e. The zero-order chi connectivity index (χ0) is 10.8. The fourth-order valence-corrected chi connectivity index (χ4v) is 2.46. The zero-order valence-electron chi connectivity index (χ0n) is 10.1. The first kappa shape index (κ1) is 10.5. The monoisotopic (exact) mass is 203 g/mol. The fourth-order valence-electron chi connectivity index (χ4n) is 2.46. The highest BCUT2D eigenvalue weighted by Gasteiger charge is 2.20. The summed E-state index contributed by atoms with van der Waals surface area (Å²) < 4.78 is 0. The van der Waals surface area contributed by atoms with Gasteiger partial charge in [-0.2, -0.15) is 0 Å². The second kappa shape index (κ2) is 4.26. The van der Waals surface area contributed by atoms with E-state index in [2.05, 4.69) is 43.9 Å². The Morgan fingerprint density at radius 2 is 2.13 bits per heavy atom. The molecule has 1 aromatic carbocycles. The van der Waals surface area contributed by atoms with Gasteiger partial charge in [-0.25, -0.2) is 0 Å². The molecule has 0 fully saturated rings. The second-order valence-electron chi connectivity index (χ2n) is 4.75. The van der Waals surface area contributed by atoms with Gasteiger partial charge in [-0.3, -0.25) is 0 Å². The average molecular weight is 203 g/mol. The van der Waals surface area contributed by atoms with Crippen molar-refractivity contribution in [3.05, 3.63) is 29.3 Å². The highest BCUT2D eigenvalue weighted by Crippen LogP contribution is 2.30. The Hall–Kier alpha value is -0.980. The van der Waals surface area contributed by atoms with Gasteiger partial charge in [0, 0.05) is 18.3 Å². The van der Waals surface area contributed by atoms with Gasteiger partial charge >= 0.3 is 0 Å². The number of hydrogen-bond donors (Lipinski definition) is 0. The summed E-state index contributed by atoms with van der Waals surface area (Å²) in [5.41, 5.74) is 4.52. The standard InChI is InChI=1S/C14H21N/c1-4-5-12-6-7-14-13(10-12)8-9-15(14)11(2)3/h6-7,10-11H,4-5,8-9H2,1-3H3. The minimum absolute atomic E-state index is 0.628. The quantitative estimate of drug-likeness (QED) is 0.727. The van der Waals surface area contributed by atoms with E-state index in [0.29, 0.717) is 6.04 Å². The molecule has 0 bridgehead atoms. The van der Waals surface area contributed by atoms with Gasteiger partial charge < -0.3 is 4.90 Å². The van der Waals surface area contributed by atoms with Gasteiger partial charge in [0.05, 0.1) is 0 Å². The molecule has 0 saturated heterocycles. The van der Waals surface area contributed by atoms with Crippen molar-refractivity contribution in [3.63, 3.8) is 0 Å². The van der Waals surface area contributed by atoms with Crippen LogP contribution in [0.25, 0.3) is 0 Å². The van der Waals surface area contributed by atoms with Crippen molar-refractivity contribution < 1.29 is 0 Å². The molecular formula is C14H21N. The number of rotatable bonds is 3. The third-order valence-electron chi connectivity index (χ3n) is 3.24. The number of hydrogen-bond acceptors (Lipinski definition) is 1. The van der Waals surface area contributed by atoms with Gasteiger partial charge in [0.2, 0.25) is 0 Å². The summed E-state index contributed by atoms with van der Waals surface area (Å²) in [5.74, 6) is 0. The van der Waals surface area contributed by atoms with Crippen molar-refractivity contribution in [2.24, 2.45) is 0 Å². The summed E-state index contributed by atoms with van der Waals surface area (Å²) in [7, 11) is 0. The van der Waals surface area contributed by atoms with Crippen LogP contribution >= 0.6 is 0 Å². The van der Waals surface area contributed by atoms with Crippen LogP contribution in [-0.4, -0.2) is 12.6 Å². The minimum Gasteiger partial charge on any atom is -0.369 e. The summed E-state index contributed by atoms with van der Waals surface area (Å²) >= 11 is 0. The van der Waals surface area contributed by atoms with Crippen LogP contribution in [0.3, 0.4) is 0 Å². The molecule has 2 rings (SSSR count). The highest BCUT2D eigenvalue weighted by molar-refractivity contribution is 5.59. The molecule has 1 aromatic rings. The average Bonchev–Trinajstić information content (AvgIpc) is 2.61. The summed E-state index contributed by atoms with van der Waals surface area (Å²) in [5, 5.41) is 0. The van der Waals surface area contributed by atoms with E-state index in [0.717, 1.165) is 0 Å². The Bertz CT molecular complexity index is 341. The predicted octanol–water partition coefficient (Wildman–Crippen LogP) is 3.41. The lowest BCUT2D eigenvalue weighted by Gasteiger charge is -2.24. The summed E-state index contributed by atoms with van der Waals surface area (Å²) in [6, 6.07) is 7.64. The molecule has 0 amide bonds. The summed E-state index contributed by atoms with van der Waals surface area (Å²) in [6.45, 7) is 7.99. The predicted molar refractivity (Wildman–Crippen MR) is 66.6 cm³/mol. The Morgan fingerprint density at radius 3 is 2.80 bits per heavy atom. The lowest BCUT2D eigenvalue weighted by atomic mass is 10.0. The largest absolute Gasteiger partial charge is 0.369 e. The van der Waals surface area contributed by atoms with E-state index >= 15 is 0 Å². The Balaban J connectivity index is 2.25. The molecule has 0 aromatic heterocycles. The molecule has 0 unspecified atom stereocenters. The van der Waals surface area contributed by atoms with E-state index < -0.39 is 0 Å². The molecular weight excluding hydrogens is 182 g/mol. The van der Waals surface area contributed by atoms with Crippen LogP contribution in [-0.2, 0) is 12.8 Å². The van der Waals surface area contributed by atoms with Gasteiger partial charge in [0.1, 0.15) is 0 Å². The summed E-state index contributed by atoms with van der Waals surface area (Å²) in [6.07, 6.45) is 3.69. The van der Waals surface area contributed by atoms with Gasteiger partial charge in [-0.1, -0.05) is 25.5 Å². The lowest BCUT2D eigenvalue weighted by Crippen LogP contribution is -2.28. The smallest absolute Gasteiger partial charge is 0.0402 e. The molecule has 1 aliphatic heterocycles. The number of nitrogens with zero attached hydrogens (tertiary/aromatic N) is 1. The van der Waals surface area contributed by atoms with Crippen LogP contribution in [0.4, 0.5) is 5.69 Å². The first-order valence-corrected chi connectivity index (χ1v) is 6.10. The van der Waals surface area contributed by atoms with Crippen molar-refractivity contribution in [1.82, 2.24) is 0 Å². The first-order valence-electron chi connectivity index (χ1n) is 6.10. The van der Waals surface area contributed by atoms with Gasteiger partial charge in [-0.15, -0.1) is 0 Å². The molecule has 0 aliphatic carbocycles. The molecule has 0 saturated carbocycles. The molecule has 0 N–H and O–H groups in total. The van der Waals surface area contributed by atoms with Gasteiger partial charge in [0.25, 0.3) is 0 Å². The zero-order valence-corrected chi connectivity index (χ0v) is 10.1. The Kier molecular flexibility index (Phi) is 2.99. The molecule has 0 spiro atoms. The molecule has 1 aliphatic rings. The van der Waals surface area contributed by atoms with Crippen molar-refractivity contribution in [2.45, 2.75) is 46.1 Å². The van der Waals surface area contributed by atoms with Crippen LogP contribution in [0, 0.1) is 0 Å². The van der Waals surface area contributed by atoms with E-state index in [1.807, 2.05) is 0 Å². The minimum atomic E-state index is 0.628. The van der Waals surface area contributed by atoms with Crippen LogP contribution in [0.2, 0.25) is 0 Å². The topological polar surface area (TPSA) is 3.24 Å². The van der Waals surface area contributed by atoms with E-state index in [4.69, 9.17) is 0 Å². The Labute approximate surface area is 93.1 Å². The van der Waals surface area contributed by atoms with E-state index in [-0.39, 0.29) is 0 Å². The third kappa shape index (κ3) is 2.01. The molecule has 0 radical (unpaired) electrons. The molecule has 0 atom stereocenters. The van der Waals surface area contributed by atoms with E-state index in [1.165, 1.54) is 37.1 Å². The van der Waals surface area contributed by atoms with Crippen molar-refractivity contribution in [3.8, 4) is 0 Å². The number of fused-ring (bicyclic) bond motifs is 1. The SMILES string of the molecule is CCCc1ccc2c(c1)CCN2C(C)C. The Morgan fingerprint density at radius 1 is 1.33 bits per heavy atom. The summed E-state index contributed by atoms with van der Waals surface area (Å²) in [4.78, 5) is 2.51. The van der Waals surface area contributed by atoms with E-state index in [9.17, 15) is 0 Å². The maximum absolute atomic E-state index is 2.51. The van der Waals surface area contributed by atoms with Crippen molar-refractivity contribution in [1.29, 1.82) is 0 Å². The third-order valence-corrected chi connectivity index (χ3v) is 3.24. The van der Waals surface area contributed by atoms with Crippen molar-refractivity contribution >= 4 is 5.69 Å². The molecule has 1 heteroatoms. The molecule has 1 nitrogen and oxygen atoms in total. The molecule has 82 valence electrons. The van der Waals surface area contributed by atoms with E-state index in [1.54, 1.807) is 5.56 Å². The highest BCUT2D eigenvalue weighted by atomic mass is 15.2. The fraction of sp³-hybridized carbons (Fsp3) is 0.571. The normalized spacial score (nSPS) is 14.8. The van der Waals surface area contributed by atoms with Crippen LogP contribution in [0.1, 0.15) is 38.3 Å².